The number of carbonyl (C=O) groups excluding carboxylic acids is 1. The molecule has 38 heavy (non-hydrogen) atoms. The molecule has 1 aliphatic carbocycles. The molecule has 0 bridgehead atoms. The Kier molecular flexibility index (Phi) is 7.67. The Morgan fingerprint density at radius 3 is 2.55 bits per heavy atom. The predicted octanol–water partition coefficient (Wildman–Crippen LogP) is 3.48. The molecule has 1 saturated heterocycles. The molecule has 1 aromatic carbocycles. The molecule has 3 N–H and O–H groups in total. The van der Waals surface area contributed by atoms with Crippen molar-refractivity contribution < 1.29 is 19.4 Å². The highest BCUT2D eigenvalue weighted by Crippen LogP contribution is 2.43. The second kappa shape index (κ2) is 11.1. The molecule has 2 fully saturated rings. The van der Waals surface area contributed by atoms with Gasteiger partial charge in [-0.25, -0.2) is 0 Å². The molecule has 2 atom stereocenters. The van der Waals surface area contributed by atoms with Crippen molar-refractivity contribution in [3.05, 3.63) is 53.0 Å². The molecule has 2 aromatic heterocycles. The van der Waals surface area contributed by atoms with Gasteiger partial charge in [-0.1, -0.05) is 0 Å². The van der Waals surface area contributed by atoms with E-state index in [1.54, 1.807) is 20.4 Å². The number of aromatic nitrogens is 2. The summed E-state index contributed by atoms with van der Waals surface area (Å²) < 4.78 is 10.8. The quantitative estimate of drug-likeness (QED) is 0.415. The van der Waals surface area contributed by atoms with Crippen LogP contribution in [0.15, 0.2) is 30.5 Å². The maximum atomic E-state index is 13.9. The minimum Gasteiger partial charge on any atom is -0.497 e. The number of nitrogens with zero attached hydrogens (tertiary/aromatic N) is 3. The van der Waals surface area contributed by atoms with Gasteiger partial charge in [-0.15, -0.1) is 0 Å². The van der Waals surface area contributed by atoms with Crippen LogP contribution >= 0.6 is 0 Å². The summed E-state index contributed by atoms with van der Waals surface area (Å²) in [5, 5.41) is 17.3. The number of carbonyl (C=O) groups is 1. The number of rotatable bonds is 8. The summed E-state index contributed by atoms with van der Waals surface area (Å²) >= 11 is 0. The van der Waals surface area contributed by atoms with Crippen molar-refractivity contribution >= 4 is 22.5 Å². The zero-order chi connectivity index (χ0) is 26.8. The van der Waals surface area contributed by atoms with Crippen LogP contribution in [0, 0.1) is 6.92 Å². The van der Waals surface area contributed by atoms with Crippen molar-refractivity contribution in [2.24, 2.45) is 0 Å². The first kappa shape index (κ1) is 26.2. The zero-order valence-electron chi connectivity index (χ0n) is 22.6. The number of benzene rings is 1. The lowest BCUT2D eigenvalue weighted by atomic mass is 10.0. The first-order valence-electron chi connectivity index (χ1n) is 13.3. The topological polar surface area (TPSA) is 109 Å². The van der Waals surface area contributed by atoms with Crippen LogP contribution in [0.4, 0.5) is 5.69 Å². The average molecular weight is 520 g/mol. The number of hydrogen-bond acceptors (Lipinski definition) is 8. The maximum Gasteiger partial charge on any atom is 0.255 e. The molecule has 9 nitrogen and oxygen atoms in total. The summed E-state index contributed by atoms with van der Waals surface area (Å²) in [5.41, 5.74) is 5.14. The van der Waals surface area contributed by atoms with Crippen LogP contribution in [0.2, 0.25) is 0 Å². The SMILES string of the molecule is COc1cc(OC)cc([C@H](C)NC(=O)c2cnc3c(C4CC4)nc(C)cc3c2N2CCNC(CO)CC2)c1. The minimum absolute atomic E-state index is 0.0406. The molecule has 1 aliphatic heterocycles. The maximum absolute atomic E-state index is 13.9. The lowest BCUT2D eigenvalue weighted by Gasteiger charge is -2.27. The number of methoxy groups -OCH3 is 2. The summed E-state index contributed by atoms with van der Waals surface area (Å²) in [7, 11) is 3.22. The van der Waals surface area contributed by atoms with Gasteiger partial charge in [0.1, 0.15) is 11.5 Å². The van der Waals surface area contributed by atoms with Crippen molar-refractivity contribution in [1.29, 1.82) is 0 Å². The molecule has 3 heterocycles. The summed E-state index contributed by atoms with van der Waals surface area (Å²) in [6, 6.07) is 7.42. The smallest absolute Gasteiger partial charge is 0.255 e. The molecule has 9 heteroatoms. The van der Waals surface area contributed by atoms with Crippen LogP contribution in [0.3, 0.4) is 0 Å². The lowest BCUT2D eigenvalue weighted by Crippen LogP contribution is -2.33. The Labute approximate surface area is 223 Å². The molecular weight excluding hydrogens is 482 g/mol. The fourth-order valence-corrected chi connectivity index (χ4v) is 5.24. The highest BCUT2D eigenvalue weighted by Gasteiger charge is 2.31. The van der Waals surface area contributed by atoms with Crippen LogP contribution in [-0.2, 0) is 0 Å². The van der Waals surface area contributed by atoms with E-state index in [1.807, 2.05) is 32.0 Å². The second-order valence-corrected chi connectivity index (χ2v) is 10.3. The van der Waals surface area contributed by atoms with Gasteiger partial charge < -0.3 is 30.1 Å². The molecule has 5 rings (SSSR count). The van der Waals surface area contributed by atoms with Gasteiger partial charge in [-0.3, -0.25) is 14.8 Å². The summed E-state index contributed by atoms with van der Waals surface area (Å²) in [6.07, 6.45) is 4.73. The number of aliphatic hydroxyl groups excluding tert-OH is 1. The molecule has 1 unspecified atom stereocenters. The molecule has 3 aromatic rings. The van der Waals surface area contributed by atoms with E-state index in [2.05, 4.69) is 21.6 Å². The molecule has 0 spiro atoms. The van der Waals surface area contributed by atoms with Gasteiger partial charge in [0.05, 0.1) is 49.3 Å². The van der Waals surface area contributed by atoms with Gasteiger partial charge in [0.25, 0.3) is 5.91 Å². The van der Waals surface area contributed by atoms with E-state index in [-0.39, 0.29) is 24.6 Å². The number of aliphatic hydroxyl groups is 1. The molecule has 2 aliphatic rings. The van der Waals surface area contributed by atoms with E-state index in [0.29, 0.717) is 23.0 Å². The third-order valence-electron chi connectivity index (χ3n) is 7.51. The highest BCUT2D eigenvalue weighted by atomic mass is 16.5. The Morgan fingerprint density at radius 2 is 1.89 bits per heavy atom. The van der Waals surface area contributed by atoms with Crippen LogP contribution in [0.5, 0.6) is 11.5 Å². The fraction of sp³-hybridized carbons (Fsp3) is 0.483. The third-order valence-corrected chi connectivity index (χ3v) is 7.51. The summed E-state index contributed by atoms with van der Waals surface area (Å²) in [5.74, 6) is 1.58. The summed E-state index contributed by atoms with van der Waals surface area (Å²) in [4.78, 5) is 25.8. The first-order chi connectivity index (χ1) is 18.4. The van der Waals surface area contributed by atoms with Crippen molar-refractivity contribution in [3.63, 3.8) is 0 Å². The minimum atomic E-state index is -0.291. The van der Waals surface area contributed by atoms with Gasteiger partial charge in [0, 0.05) is 54.9 Å². The molecule has 1 amide bonds. The number of anilines is 1. The number of ether oxygens (including phenoxy) is 2. The van der Waals surface area contributed by atoms with Crippen molar-refractivity contribution in [2.75, 3.05) is 45.4 Å². The monoisotopic (exact) mass is 519 g/mol. The number of aryl methyl sites for hydroxylation is 1. The zero-order valence-corrected chi connectivity index (χ0v) is 22.6. The van der Waals surface area contributed by atoms with E-state index in [4.69, 9.17) is 19.4 Å². The van der Waals surface area contributed by atoms with Crippen LogP contribution < -0.4 is 25.0 Å². The van der Waals surface area contributed by atoms with Gasteiger partial charge in [0.15, 0.2) is 0 Å². The first-order valence-corrected chi connectivity index (χ1v) is 13.3. The van der Waals surface area contributed by atoms with E-state index < -0.39 is 0 Å². The Hall–Kier alpha value is -3.43. The van der Waals surface area contributed by atoms with Crippen LogP contribution in [0.1, 0.15) is 65.5 Å². The van der Waals surface area contributed by atoms with Gasteiger partial charge in [-0.2, -0.15) is 0 Å². The van der Waals surface area contributed by atoms with Crippen LogP contribution in [-0.4, -0.2) is 67.5 Å². The fourth-order valence-electron chi connectivity index (χ4n) is 5.24. The van der Waals surface area contributed by atoms with Gasteiger partial charge >= 0.3 is 0 Å². The molecule has 1 saturated carbocycles. The normalized spacial score (nSPS) is 18.7. The number of fused-ring (bicyclic) bond motifs is 1. The number of amides is 1. The largest absolute Gasteiger partial charge is 0.497 e. The van der Waals surface area contributed by atoms with Crippen molar-refractivity contribution in [2.45, 2.75) is 51.1 Å². The van der Waals surface area contributed by atoms with E-state index in [0.717, 1.165) is 72.4 Å². The number of nitrogens with one attached hydrogen (secondary N) is 2. The molecule has 202 valence electrons. The van der Waals surface area contributed by atoms with E-state index in [1.165, 1.54) is 0 Å². The summed E-state index contributed by atoms with van der Waals surface area (Å²) in [6.45, 7) is 6.20. The van der Waals surface area contributed by atoms with Crippen LogP contribution in [0.25, 0.3) is 10.9 Å². The van der Waals surface area contributed by atoms with Crippen molar-refractivity contribution in [3.8, 4) is 11.5 Å². The van der Waals surface area contributed by atoms with Crippen molar-refractivity contribution in [1.82, 2.24) is 20.6 Å². The Bertz CT molecular complexity index is 1300. The van der Waals surface area contributed by atoms with E-state index >= 15 is 0 Å². The number of hydrogen-bond donors (Lipinski definition) is 3. The van der Waals surface area contributed by atoms with Gasteiger partial charge in [0.2, 0.25) is 0 Å². The third kappa shape index (κ3) is 5.39. The molecular formula is C29H37N5O4. The average Bonchev–Trinajstić information content (AvgIpc) is 3.79. The Morgan fingerprint density at radius 1 is 1.16 bits per heavy atom. The second-order valence-electron chi connectivity index (χ2n) is 10.3. The molecule has 0 radical (unpaired) electrons. The highest BCUT2D eigenvalue weighted by molar-refractivity contribution is 6.08. The standard InChI is InChI=1S/C29H37N5O4/c1-17-11-24-27(26(32-17)19-5-6-19)31-15-25(28(24)34-9-7-21(16-35)30-8-10-34)29(36)33-18(2)20-12-22(37-3)14-23(13-20)38-4/h11-15,18-19,21,30,35H,5-10,16H2,1-4H3,(H,33,36)/t18-,21?/m0/s1. The van der Waals surface area contributed by atoms with Gasteiger partial charge in [-0.05, 0) is 56.9 Å². The van der Waals surface area contributed by atoms with E-state index in [9.17, 15) is 9.90 Å². The predicted molar refractivity (Wildman–Crippen MR) is 147 cm³/mol. The number of pyridine rings is 2. The lowest BCUT2D eigenvalue weighted by molar-refractivity contribution is 0.0940. The Balaban J connectivity index is 1.55.